The molecule has 2 aliphatic rings. The summed E-state index contributed by atoms with van der Waals surface area (Å²) >= 11 is 0. The van der Waals surface area contributed by atoms with Gasteiger partial charge in [0.15, 0.2) is 11.5 Å². The van der Waals surface area contributed by atoms with E-state index in [0.29, 0.717) is 44.2 Å². The molecular formula is C24H29N3O5. The molecule has 2 aliphatic heterocycles. The molecule has 0 radical (unpaired) electrons. The average Bonchev–Trinajstić information content (AvgIpc) is 2.78. The number of likely N-dealkylation sites (tertiary alicyclic amines) is 1. The fourth-order valence-corrected chi connectivity index (χ4v) is 3.99. The third kappa shape index (κ3) is 5.30. The monoisotopic (exact) mass is 439 g/mol. The molecule has 0 saturated carbocycles. The van der Waals surface area contributed by atoms with Gasteiger partial charge in [-0.05, 0) is 57.0 Å². The number of nitrogens with zero attached hydrogens (tertiary/aromatic N) is 2. The van der Waals surface area contributed by atoms with E-state index in [4.69, 9.17) is 14.2 Å². The first kappa shape index (κ1) is 21.9. The van der Waals surface area contributed by atoms with Gasteiger partial charge >= 0.3 is 6.09 Å². The van der Waals surface area contributed by atoms with Gasteiger partial charge in [-0.15, -0.1) is 0 Å². The molecule has 2 atom stereocenters. The molecular weight excluding hydrogens is 410 g/mol. The Labute approximate surface area is 187 Å². The van der Waals surface area contributed by atoms with E-state index in [1.165, 1.54) is 0 Å². The summed E-state index contributed by atoms with van der Waals surface area (Å²) in [6.07, 6.45) is 1.87. The molecule has 32 heavy (non-hydrogen) atoms. The van der Waals surface area contributed by atoms with Crippen molar-refractivity contribution in [2.45, 2.75) is 44.8 Å². The molecule has 2 aromatic rings. The number of fused-ring (bicyclic) bond motifs is 1. The summed E-state index contributed by atoms with van der Waals surface area (Å²) in [6.45, 7) is 7.42. The highest BCUT2D eigenvalue weighted by Gasteiger charge is 2.34. The number of piperidine rings is 1. The molecule has 170 valence electrons. The Bertz CT molecular complexity index is 973. The maximum Gasteiger partial charge on any atom is 0.410 e. The number of amides is 2. The van der Waals surface area contributed by atoms with Crippen LogP contribution in [0.4, 0.5) is 4.79 Å². The zero-order valence-corrected chi connectivity index (χ0v) is 18.7. The predicted octanol–water partition coefficient (Wildman–Crippen LogP) is 3.38. The van der Waals surface area contributed by atoms with Crippen LogP contribution in [0.15, 0.2) is 42.6 Å². The van der Waals surface area contributed by atoms with Gasteiger partial charge in [-0.1, -0.05) is 12.1 Å². The normalized spacial score (nSPS) is 20.4. The number of carbonyl (C=O) groups excluding carboxylic acids is 2. The maximum absolute atomic E-state index is 12.9. The Morgan fingerprint density at radius 2 is 1.88 bits per heavy atom. The van der Waals surface area contributed by atoms with Gasteiger partial charge in [0.05, 0.1) is 0 Å². The molecule has 0 unspecified atom stereocenters. The highest BCUT2D eigenvalue weighted by Crippen LogP contribution is 2.36. The van der Waals surface area contributed by atoms with Crippen LogP contribution in [0.25, 0.3) is 0 Å². The first-order valence-corrected chi connectivity index (χ1v) is 10.9. The number of nitrogens with one attached hydrogen (secondary N) is 1. The third-order valence-electron chi connectivity index (χ3n) is 5.37. The number of hydrogen-bond acceptors (Lipinski definition) is 6. The van der Waals surface area contributed by atoms with E-state index in [-0.39, 0.29) is 17.9 Å². The number of carbonyl (C=O) groups is 2. The van der Waals surface area contributed by atoms with Crippen LogP contribution in [0, 0.1) is 0 Å². The number of pyridine rings is 1. The van der Waals surface area contributed by atoms with E-state index in [1.807, 2.05) is 39.0 Å². The van der Waals surface area contributed by atoms with Gasteiger partial charge in [0.25, 0.3) is 5.91 Å². The Balaban J connectivity index is 1.55. The number of benzene rings is 1. The van der Waals surface area contributed by atoms with Gasteiger partial charge in [0, 0.05) is 31.2 Å². The van der Waals surface area contributed by atoms with Crippen LogP contribution in [-0.2, 0) is 4.74 Å². The van der Waals surface area contributed by atoms with Crippen molar-refractivity contribution < 1.29 is 23.8 Å². The largest absolute Gasteiger partial charge is 0.486 e. The van der Waals surface area contributed by atoms with Crippen molar-refractivity contribution in [1.82, 2.24) is 15.2 Å². The van der Waals surface area contributed by atoms with Gasteiger partial charge < -0.3 is 24.4 Å². The van der Waals surface area contributed by atoms with Crippen LogP contribution >= 0.6 is 0 Å². The predicted molar refractivity (Wildman–Crippen MR) is 118 cm³/mol. The van der Waals surface area contributed by atoms with Crippen molar-refractivity contribution in [3.63, 3.8) is 0 Å². The van der Waals surface area contributed by atoms with Crippen LogP contribution in [0.3, 0.4) is 0 Å². The Morgan fingerprint density at radius 1 is 1.09 bits per heavy atom. The Hall–Kier alpha value is -3.29. The Kier molecular flexibility index (Phi) is 6.21. The van der Waals surface area contributed by atoms with Crippen molar-refractivity contribution >= 4 is 12.0 Å². The second-order valence-electron chi connectivity index (χ2n) is 9.11. The van der Waals surface area contributed by atoms with Crippen molar-refractivity contribution in [3.8, 4) is 11.5 Å². The first-order chi connectivity index (χ1) is 15.3. The van der Waals surface area contributed by atoms with E-state index in [9.17, 15) is 9.59 Å². The second kappa shape index (κ2) is 9.06. The van der Waals surface area contributed by atoms with Gasteiger partial charge in [0.2, 0.25) is 0 Å². The summed E-state index contributed by atoms with van der Waals surface area (Å²) in [6, 6.07) is 10.8. The van der Waals surface area contributed by atoms with Crippen molar-refractivity contribution in [2.75, 3.05) is 26.3 Å². The topological polar surface area (TPSA) is 90.0 Å². The second-order valence-corrected chi connectivity index (χ2v) is 9.11. The minimum atomic E-state index is -0.603. The number of rotatable bonds is 3. The van der Waals surface area contributed by atoms with Gasteiger partial charge in [-0.2, -0.15) is 0 Å². The number of aromatic nitrogens is 1. The van der Waals surface area contributed by atoms with Gasteiger partial charge in [-0.3, -0.25) is 9.78 Å². The highest BCUT2D eigenvalue weighted by molar-refractivity contribution is 5.92. The smallest absolute Gasteiger partial charge is 0.410 e. The molecule has 0 aliphatic carbocycles. The molecule has 1 saturated heterocycles. The van der Waals surface area contributed by atoms with E-state index >= 15 is 0 Å². The van der Waals surface area contributed by atoms with E-state index in [2.05, 4.69) is 10.3 Å². The molecule has 2 amide bonds. The highest BCUT2D eigenvalue weighted by atomic mass is 16.6. The molecule has 1 aromatic heterocycles. The van der Waals surface area contributed by atoms with Crippen molar-refractivity contribution in [2.24, 2.45) is 0 Å². The zero-order valence-electron chi connectivity index (χ0n) is 18.7. The Morgan fingerprint density at radius 3 is 2.59 bits per heavy atom. The molecule has 4 rings (SSSR count). The quantitative estimate of drug-likeness (QED) is 0.789. The van der Waals surface area contributed by atoms with Gasteiger partial charge in [0.1, 0.15) is 24.5 Å². The van der Waals surface area contributed by atoms with E-state index in [1.54, 1.807) is 29.3 Å². The fourth-order valence-electron chi connectivity index (χ4n) is 3.99. The van der Waals surface area contributed by atoms with E-state index in [0.717, 1.165) is 11.3 Å². The number of ether oxygens (including phenoxy) is 3. The van der Waals surface area contributed by atoms with Gasteiger partial charge in [-0.25, -0.2) is 4.79 Å². The summed E-state index contributed by atoms with van der Waals surface area (Å²) in [5.41, 5.74) is 0.769. The molecule has 3 heterocycles. The number of hydrogen-bond donors (Lipinski definition) is 1. The third-order valence-corrected chi connectivity index (χ3v) is 5.37. The zero-order chi connectivity index (χ0) is 22.7. The molecule has 8 heteroatoms. The van der Waals surface area contributed by atoms with Crippen LogP contribution in [0.5, 0.6) is 11.5 Å². The lowest BCUT2D eigenvalue weighted by atomic mass is 9.87. The van der Waals surface area contributed by atoms with Crippen molar-refractivity contribution in [3.05, 3.63) is 53.9 Å². The summed E-state index contributed by atoms with van der Waals surface area (Å²) < 4.78 is 17.0. The summed E-state index contributed by atoms with van der Waals surface area (Å²) in [4.78, 5) is 31.4. The maximum atomic E-state index is 12.9. The van der Waals surface area contributed by atoms with Crippen LogP contribution in [-0.4, -0.2) is 59.8 Å². The minimum Gasteiger partial charge on any atom is -0.486 e. The fraction of sp³-hybridized carbons (Fsp3) is 0.458. The first-order valence-electron chi connectivity index (χ1n) is 10.9. The lowest BCUT2D eigenvalue weighted by molar-refractivity contribution is 0.0164. The molecule has 1 fully saturated rings. The van der Waals surface area contributed by atoms with E-state index < -0.39 is 11.7 Å². The summed E-state index contributed by atoms with van der Waals surface area (Å²) in [5.74, 6) is 1.17. The summed E-state index contributed by atoms with van der Waals surface area (Å²) in [5, 5.41) is 3.04. The molecule has 0 bridgehead atoms. The SMILES string of the molecule is CC(C)(C)OC(=O)N1C[C@H](NC(=O)c2ccccn2)C[C@H](c2ccc3c(c2)OCCO3)C1. The van der Waals surface area contributed by atoms with Crippen LogP contribution < -0.4 is 14.8 Å². The van der Waals surface area contributed by atoms with Crippen LogP contribution in [0.1, 0.15) is 49.2 Å². The molecule has 1 aromatic carbocycles. The standard InChI is InChI=1S/C24H29N3O5/c1-24(2,3)32-23(29)27-14-17(16-7-8-20-21(13-16)31-11-10-30-20)12-18(15-27)26-22(28)19-6-4-5-9-25-19/h4-9,13,17-18H,10-12,14-15H2,1-3H3,(H,26,28)/t17-,18+/m0/s1. The lowest BCUT2D eigenvalue weighted by Gasteiger charge is -2.39. The molecule has 0 spiro atoms. The molecule has 1 N–H and O–H groups in total. The average molecular weight is 440 g/mol. The lowest BCUT2D eigenvalue weighted by Crippen LogP contribution is -2.53. The van der Waals surface area contributed by atoms with Crippen LogP contribution in [0.2, 0.25) is 0 Å². The van der Waals surface area contributed by atoms with Crippen molar-refractivity contribution in [1.29, 1.82) is 0 Å². The summed E-state index contributed by atoms with van der Waals surface area (Å²) in [7, 11) is 0. The minimum absolute atomic E-state index is 0.00104. The molecule has 8 nitrogen and oxygen atoms in total.